The molecule has 1 fully saturated rings. The predicted molar refractivity (Wildman–Crippen MR) is 107 cm³/mol. The molecule has 1 aliphatic heterocycles. The van der Waals surface area contributed by atoms with Gasteiger partial charge in [-0.15, -0.1) is 29.3 Å². The molecule has 24 heavy (non-hydrogen) atoms. The van der Waals surface area contributed by atoms with Gasteiger partial charge in [-0.1, -0.05) is 60.7 Å². The summed E-state index contributed by atoms with van der Waals surface area (Å²) in [5.41, 5.74) is 7.17. The molecule has 0 aromatic heterocycles. The largest absolute Gasteiger partial charge is 0.294 e. The van der Waals surface area contributed by atoms with Crippen molar-refractivity contribution in [1.29, 1.82) is 0 Å². The summed E-state index contributed by atoms with van der Waals surface area (Å²) in [7, 11) is 0. The third-order valence-corrected chi connectivity index (χ3v) is 6.32. The molecule has 1 aliphatic rings. The van der Waals surface area contributed by atoms with Crippen LogP contribution in [0.1, 0.15) is 18.1 Å². The van der Waals surface area contributed by atoms with Crippen molar-refractivity contribution in [3.8, 4) is 0 Å². The summed E-state index contributed by atoms with van der Waals surface area (Å²) in [5.74, 6) is 2.21. The zero-order chi connectivity index (χ0) is 16.8. The minimum Gasteiger partial charge on any atom is -0.294 e. The highest BCUT2D eigenvalue weighted by molar-refractivity contribution is 8.25. The molecular formula is C21H18OS2. The lowest BCUT2D eigenvalue weighted by molar-refractivity contribution is -0.113. The lowest BCUT2D eigenvalue weighted by Crippen LogP contribution is -2.01. The average Bonchev–Trinajstić information content (AvgIpc) is 3.14. The van der Waals surface area contributed by atoms with Crippen LogP contribution in [0.4, 0.5) is 0 Å². The Hall–Kier alpha value is -1.93. The van der Waals surface area contributed by atoms with Gasteiger partial charge in [-0.2, -0.15) is 0 Å². The van der Waals surface area contributed by atoms with Crippen LogP contribution in [-0.4, -0.2) is 17.3 Å². The molecule has 1 nitrogen and oxygen atoms in total. The minimum absolute atomic E-state index is 0.0970. The molecular weight excluding hydrogens is 332 g/mol. The number of ketones is 1. The average molecular weight is 351 g/mol. The van der Waals surface area contributed by atoms with Crippen molar-refractivity contribution in [2.75, 3.05) is 11.5 Å². The lowest BCUT2D eigenvalue weighted by Gasteiger charge is -2.10. The number of benzene rings is 2. The first-order valence-electron chi connectivity index (χ1n) is 7.84. The zero-order valence-corrected chi connectivity index (χ0v) is 15.1. The number of carbonyl (C=O) groups is 1. The van der Waals surface area contributed by atoms with Gasteiger partial charge in [-0.3, -0.25) is 4.79 Å². The van der Waals surface area contributed by atoms with Gasteiger partial charge in [0.25, 0.3) is 0 Å². The molecule has 0 unspecified atom stereocenters. The number of hydrogen-bond donors (Lipinski definition) is 0. The van der Waals surface area contributed by atoms with E-state index in [0.29, 0.717) is 0 Å². The fraction of sp³-hybridized carbons (Fsp3) is 0.143. The molecule has 3 rings (SSSR count). The molecule has 1 heterocycles. The third kappa shape index (κ3) is 4.12. The van der Waals surface area contributed by atoms with E-state index in [1.54, 1.807) is 30.4 Å². The van der Waals surface area contributed by atoms with Crippen LogP contribution >= 0.6 is 23.5 Å². The van der Waals surface area contributed by atoms with Crippen LogP contribution in [0.25, 0.3) is 11.6 Å². The second-order valence-electron chi connectivity index (χ2n) is 5.36. The lowest BCUT2D eigenvalue weighted by atomic mass is 9.97. The number of thioether (sulfide) groups is 2. The van der Waals surface area contributed by atoms with Gasteiger partial charge in [0.1, 0.15) is 0 Å². The molecule has 2 aromatic carbocycles. The molecule has 0 saturated carbocycles. The first kappa shape index (κ1) is 16.9. The molecule has 120 valence electrons. The second-order valence-corrected chi connectivity index (χ2v) is 7.82. The summed E-state index contributed by atoms with van der Waals surface area (Å²) in [5, 5.41) is 0. The Kier molecular flexibility index (Phi) is 5.81. The highest BCUT2D eigenvalue weighted by atomic mass is 32.2. The van der Waals surface area contributed by atoms with E-state index in [0.717, 1.165) is 38.0 Å². The van der Waals surface area contributed by atoms with Gasteiger partial charge < -0.3 is 0 Å². The highest BCUT2D eigenvalue weighted by Crippen LogP contribution is 2.42. The molecule has 1 saturated heterocycles. The van der Waals surface area contributed by atoms with E-state index in [4.69, 9.17) is 0 Å². The van der Waals surface area contributed by atoms with Crippen molar-refractivity contribution in [1.82, 2.24) is 0 Å². The van der Waals surface area contributed by atoms with Gasteiger partial charge in [-0.05, 0) is 24.1 Å². The van der Waals surface area contributed by atoms with Crippen molar-refractivity contribution in [3.05, 3.63) is 87.3 Å². The predicted octanol–water partition coefficient (Wildman–Crippen LogP) is 5.66. The van der Waals surface area contributed by atoms with E-state index in [1.165, 1.54) is 0 Å². The SMILES string of the molecule is CC(=O)C(C(=C=Cc1ccccc1)c1ccccc1)=C1SCCS1. The van der Waals surface area contributed by atoms with Gasteiger partial charge in [0, 0.05) is 17.1 Å². The normalized spacial score (nSPS) is 13.3. The Morgan fingerprint density at radius 1 is 0.958 bits per heavy atom. The van der Waals surface area contributed by atoms with Crippen molar-refractivity contribution in [2.45, 2.75) is 6.92 Å². The molecule has 0 bridgehead atoms. The van der Waals surface area contributed by atoms with Gasteiger partial charge in [-0.25, -0.2) is 0 Å². The van der Waals surface area contributed by atoms with Gasteiger partial charge >= 0.3 is 0 Å². The maximum absolute atomic E-state index is 12.4. The third-order valence-electron chi connectivity index (χ3n) is 3.60. The molecule has 3 heteroatoms. The first-order valence-corrected chi connectivity index (χ1v) is 9.81. The summed E-state index contributed by atoms with van der Waals surface area (Å²) in [6.45, 7) is 1.65. The van der Waals surface area contributed by atoms with Crippen molar-refractivity contribution >= 4 is 41.0 Å². The highest BCUT2D eigenvalue weighted by Gasteiger charge is 2.21. The monoisotopic (exact) mass is 350 g/mol. The van der Waals surface area contributed by atoms with Crippen LogP contribution in [0, 0.1) is 0 Å². The van der Waals surface area contributed by atoms with E-state index in [1.807, 2.05) is 66.7 Å². The van der Waals surface area contributed by atoms with Crippen LogP contribution in [0.15, 0.2) is 76.2 Å². The summed E-state index contributed by atoms with van der Waals surface area (Å²) in [4.78, 5) is 12.4. The zero-order valence-electron chi connectivity index (χ0n) is 13.5. The molecule has 0 atom stereocenters. The molecule has 2 aromatic rings. The van der Waals surface area contributed by atoms with E-state index in [9.17, 15) is 4.79 Å². The fourth-order valence-electron chi connectivity index (χ4n) is 2.49. The van der Waals surface area contributed by atoms with Crippen molar-refractivity contribution < 1.29 is 4.79 Å². The summed E-state index contributed by atoms with van der Waals surface area (Å²) in [6, 6.07) is 20.1. The van der Waals surface area contributed by atoms with Crippen LogP contribution in [-0.2, 0) is 4.79 Å². The topological polar surface area (TPSA) is 17.1 Å². The van der Waals surface area contributed by atoms with E-state index in [-0.39, 0.29) is 5.78 Å². The second kappa shape index (κ2) is 8.25. The molecule has 0 N–H and O–H groups in total. The first-order chi connectivity index (χ1) is 11.8. The van der Waals surface area contributed by atoms with E-state index < -0.39 is 0 Å². The Morgan fingerprint density at radius 3 is 2.12 bits per heavy atom. The Morgan fingerprint density at radius 2 is 1.54 bits per heavy atom. The number of allylic oxidation sites excluding steroid dienone is 2. The summed E-state index contributed by atoms with van der Waals surface area (Å²) < 4.78 is 1.12. The van der Waals surface area contributed by atoms with Gasteiger partial charge in [0.2, 0.25) is 0 Å². The standard InChI is InChI=1S/C21H18OS2/c1-16(22)20(21-23-14-15-24-21)19(18-10-6-3-7-11-18)13-12-17-8-4-2-5-9-17/h2-12H,14-15H2,1H3. The Labute approximate surface area is 151 Å². The molecule has 0 amide bonds. The maximum Gasteiger partial charge on any atom is 0.162 e. The van der Waals surface area contributed by atoms with Crippen molar-refractivity contribution in [3.63, 3.8) is 0 Å². The number of hydrogen-bond acceptors (Lipinski definition) is 3. The number of rotatable bonds is 4. The van der Waals surface area contributed by atoms with E-state index in [2.05, 4.69) is 5.73 Å². The van der Waals surface area contributed by atoms with Crippen LogP contribution < -0.4 is 0 Å². The van der Waals surface area contributed by atoms with Crippen LogP contribution in [0.2, 0.25) is 0 Å². The smallest absolute Gasteiger partial charge is 0.162 e. The van der Waals surface area contributed by atoms with Gasteiger partial charge in [0.05, 0.1) is 9.81 Å². The minimum atomic E-state index is 0.0970. The van der Waals surface area contributed by atoms with Crippen molar-refractivity contribution in [2.24, 2.45) is 0 Å². The van der Waals surface area contributed by atoms with Gasteiger partial charge in [0.15, 0.2) is 5.78 Å². The maximum atomic E-state index is 12.4. The fourth-order valence-corrected chi connectivity index (χ4v) is 5.14. The summed E-state index contributed by atoms with van der Waals surface area (Å²) >= 11 is 3.54. The Bertz CT molecular complexity index is 805. The Balaban J connectivity index is 2.17. The molecule has 0 radical (unpaired) electrons. The summed E-state index contributed by atoms with van der Waals surface area (Å²) in [6.07, 6.45) is 1.95. The van der Waals surface area contributed by atoms with Crippen LogP contribution in [0.3, 0.4) is 0 Å². The van der Waals surface area contributed by atoms with Crippen LogP contribution in [0.5, 0.6) is 0 Å². The number of carbonyl (C=O) groups excluding carboxylic acids is 1. The number of Topliss-reactive ketones (excluding diaryl/α,β-unsaturated/α-hetero) is 1. The molecule has 0 aliphatic carbocycles. The quantitative estimate of drug-likeness (QED) is 0.523. The van der Waals surface area contributed by atoms with E-state index >= 15 is 0 Å². The molecule has 0 spiro atoms.